The van der Waals surface area contributed by atoms with Crippen LogP contribution in [-0.2, 0) is 9.53 Å². The Balaban J connectivity index is 2.52. The van der Waals surface area contributed by atoms with Gasteiger partial charge in [0.15, 0.2) is 0 Å². The fraction of sp³-hybridized carbons (Fsp3) is 0.917. The van der Waals surface area contributed by atoms with Crippen molar-refractivity contribution in [3.63, 3.8) is 0 Å². The molecule has 2 atom stereocenters. The van der Waals surface area contributed by atoms with Gasteiger partial charge in [0.25, 0.3) is 0 Å². The number of ether oxygens (including phenoxy) is 1. The minimum atomic E-state index is -0.509. The molecule has 1 aliphatic heterocycles. The predicted octanol–water partition coefficient (Wildman–Crippen LogP) is 1.09. The van der Waals surface area contributed by atoms with E-state index in [9.17, 15) is 4.79 Å². The molecule has 1 aliphatic rings. The van der Waals surface area contributed by atoms with Crippen molar-refractivity contribution in [1.29, 1.82) is 0 Å². The first-order chi connectivity index (χ1) is 8.19. The van der Waals surface area contributed by atoms with Gasteiger partial charge in [-0.1, -0.05) is 13.3 Å². The van der Waals surface area contributed by atoms with Crippen LogP contribution in [0, 0.1) is 0 Å². The molecule has 5 heteroatoms. The molecule has 0 saturated carbocycles. The maximum absolute atomic E-state index is 12.1. The van der Waals surface area contributed by atoms with Crippen LogP contribution in [0.15, 0.2) is 0 Å². The zero-order valence-corrected chi connectivity index (χ0v) is 11.7. The lowest BCUT2D eigenvalue weighted by Crippen LogP contribution is -2.47. The molecule has 0 spiro atoms. The number of likely N-dealkylation sites (tertiary alicyclic amines) is 1. The van der Waals surface area contributed by atoms with Gasteiger partial charge in [-0.25, -0.2) is 0 Å². The topological polar surface area (TPSA) is 55.6 Å². The highest BCUT2D eigenvalue weighted by molar-refractivity contribution is 7.99. The summed E-state index contributed by atoms with van der Waals surface area (Å²) in [5, 5.41) is 0.571. The first-order valence-electron chi connectivity index (χ1n) is 6.34. The summed E-state index contributed by atoms with van der Waals surface area (Å²) in [5.74, 6) is 1.15. The summed E-state index contributed by atoms with van der Waals surface area (Å²) in [6.45, 7) is 4.16. The lowest BCUT2D eigenvalue weighted by atomic mass is 10.2. The highest BCUT2D eigenvalue weighted by atomic mass is 32.2. The number of rotatable bonds is 5. The van der Waals surface area contributed by atoms with E-state index in [0.717, 1.165) is 25.3 Å². The summed E-state index contributed by atoms with van der Waals surface area (Å²) in [4.78, 5) is 14.0. The molecule has 0 aliphatic carbocycles. The van der Waals surface area contributed by atoms with Crippen molar-refractivity contribution in [2.24, 2.45) is 5.73 Å². The molecule has 0 bridgehead atoms. The molecule has 0 radical (unpaired) electrons. The number of carbonyl (C=O) groups is 1. The van der Waals surface area contributed by atoms with Crippen molar-refractivity contribution in [3.05, 3.63) is 0 Å². The molecule has 2 N–H and O–H groups in total. The Morgan fingerprint density at radius 3 is 3.00 bits per heavy atom. The second kappa shape index (κ2) is 7.95. The molecule has 0 aromatic heterocycles. The molecule has 1 fully saturated rings. The molecular formula is C12H24N2O2S. The van der Waals surface area contributed by atoms with Crippen molar-refractivity contribution in [2.75, 3.05) is 32.6 Å². The van der Waals surface area contributed by atoms with Crippen LogP contribution in [0.4, 0.5) is 0 Å². The van der Waals surface area contributed by atoms with Gasteiger partial charge >= 0.3 is 0 Å². The van der Waals surface area contributed by atoms with Gasteiger partial charge in [-0.3, -0.25) is 4.79 Å². The average molecular weight is 260 g/mol. The fourth-order valence-electron chi connectivity index (χ4n) is 2.16. The van der Waals surface area contributed by atoms with Crippen LogP contribution < -0.4 is 5.73 Å². The third-order valence-electron chi connectivity index (χ3n) is 3.01. The quantitative estimate of drug-likeness (QED) is 0.804. The minimum Gasteiger partial charge on any atom is -0.383 e. The molecular weight excluding hydrogens is 236 g/mol. The second-order valence-corrected chi connectivity index (χ2v) is 6.00. The number of hydrogen-bond donors (Lipinski definition) is 1. The highest BCUT2D eigenvalue weighted by Crippen LogP contribution is 2.22. The monoisotopic (exact) mass is 260 g/mol. The van der Waals surface area contributed by atoms with Gasteiger partial charge < -0.3 is 15.4 Å². The Labute approximate surface area is 108 Å². The maximum atomic E-state index is 12.1. The van der Waals surface area contributed by atoms with E-state index >= 15 is 0 Å². The number of hydrogen-bond acceptors (Lipinski definition) is 4. The molecule has 0 aromatic rings. The molecule has 1 rings (SSSR count). The number of thioether (sulfide) groups is 1. The number of amides is 1. The van der Waals surface area contributed by atoms with Crippen LogP contribution in [-0.4, -0.2) is 54.7 Å². The van der Waals surface area contributed by atoms with Crippen LogP contribution in [0.5, 0.6) is 0 Å². The Hall–Kier alpha value is -0.260. The summed E-state index contributed by atoms with van der Waals surface area (Å²) in [6.07, 6.45) is 3.51. The van der Waals surface area contributed by atoms with Crippen molar-refractivity contribution in [3.8, 4) is 0 Å². The second-order valence-electron chi connectivity index (χ2n) is 4.42. The third-order valence-corrected chi connectivity index (χ3v) is 4.20. The molecule has 1 saturated heterocycles. The van der Waals surface area contributed by atoms with E-state index in [2.05, 4.69) is 6.92 Å². The summed E-state index contributed by atoms with van der Waals surface area (Å²) in [5.41, 5.74) is 5.81. The number of carbonyl (C=O) groups excluding carboxylic acids is 1. The van der Waals surface area contributed by atoms with Crippen LogP contribution in [0.2, 0.25) is 0 Å². The van der Waals surface area contributed by atoms with Gasteiger partial charge in [0.2, 0.25) is 5.91 Å². The Kier molecular flexibility index (Phi) is 6.92. The van der Waals surface area contributed by atoms with E-state index in [1.165, 1.54) is 12.8 Å². The van der Waals surface area contributed by atoms with Gasteiger partial charge in [-0.2, -0.15) is 11.8 Å². The van der Waals surface area contributed by atoms with Crippen molar-refractivity contribution < 1.29 is 9.53 Å². The van der Waals surface area contributed by atoms with E-state index in [0.29, 0.717) is 11.9 Å². The van der Waals surface area contributed by atoms with E-state index in [1.54, 1.807) is 7.11 Å². The molecule has 0 aromatic carbocycles. The normalized spacial score (nSPS) is 23.2. The zero-order chi connectivity index (χ0) is 12.7. The molecule has 17 heavy (non-hydrogen) atoms. The summed E-state index contributed by atoms with van der Waals surface area (Å²) >= 11 is 1.95. The molecule has 1 heterocycles. The first kappa shape index (κ1) is 14.8. The Bertz CT molecular complexity index is 239. The van der Waals surface area contributed by atoms with E-state index in [1.807, 2.05) is 16.7 Å². The van der Waals surface area contributed by atoms with Gasteiger partial charge in [-0.05, 0) is 18.6 Å². The predicted molar refractivity (Wildman–Crippen MR) is 72.2 cm³/mol. The smallest absolute Gasteiger partial charge is 0.241 e. The SMILES string of the molecule is CCSC1CCCCN(C(=O)C(N)COC)C1. The van der Waals surface area contributed by atoms with E-state index in [-0.39, 0.29) is 5.91 Å². The molecule has 2 unspecified atom stereocenters. The summed E-state index contributed by atoms with van der Waals surface area (Å²) in [6, 6.07) is -0.509. The molecule has 4 nitrogen and oxygen atoms in total. The Morgan fingerprint density at radius 2 is 2.35 bits per heavy atom. The van der Waals surface area contributed by atoms with Crippen molar-refractivity contribution >= 4 is 17.7 Å². The number of nitrogens with two attached hydrogens (primary N) is 1. The van der Waals surface area contributed by atoms with Gasteiger partial charge in [0, 0.05) is 25.4 Å². The average Bonchev–Trinajstić information content (AvgIpc) is 2.54. The molecule has 100 valence electrons. The largest absolute Gasteiger partial charge is 0.383 e. The van der Waals surface area contributed by atoms with Crippen LogP contribution in [0.1, 0.15) is 26.2 Å². The maximum Gasteiger partial charge on any atom is 0.241 e. The van der Waals surface area contributed by atoms with E-state index < -0.39 is 6.04 Å². The van der Waals surface area contributed by atoms with Gasteiger partial charge in [0.1, 0.15) is 6.04 Å². The van der Waals surface area contributed by atoms with Crippen molar-refractivity contribution in [2.45, 2.75) is 37.5 Å². The zero-order valence-electron chi connectivity index (χ0n) is 10.9. The van der Waals surface area contributed by atoms with Crippen molar-refractivity contribution in [1.82, 2.24) is 4.90 Å². The molecule has 1 amide bonds. The van der Waals surface area contributed by atoms with Crippen LogP contribution >= 0.6 is 11.8 Å². The van der Waals surface area contributed by atoms with E-state index in [4.69, 9.17) is 10.5 Å². The minimum absolute atomic E-state index is 0.0375. The lowest BCUT2D eigenvalue weighted by Gasteiger charge is -2.26. The number of methoxy groups -OCH3 is 1. The van der Waals surface area contributed by atoms with Gasteiger partial charge in [-0.15, -0.1) is 0 Å². The lowest BCUT2D eigenvalue weighted by molar-refractivity contribution is -0.133. The first-order valence-corrected chi connectivity index (χ1v) is 7.38. The fourth-order valence-corrected chi connectivity index (χ4v) is 3.25. The van der Waals surface area contributed by atoms with Crippen LogP contribution in [0.3, 0.4) is 0 Å². The van der Waals surface area contributed by atoms with Gasteiger partial charge in [0.05, 0.1) is 6.61 Å². The highest BCUT2D eigenvalue weighted by Gasteiger charge is 2.25. The number of nitrogens with zero attached hydrogens (tertiary/aromatic N) is 1. The Morgan fingerprint density at radius 1 is 1.59 bits per heavy atom. The summed E-state index contributed by atoms with van der Waals surface area (Å²) in [7, 11) is 1.57. The third kappa shape index (κ3) is 4.85. The standard InChI is InChI=1S/C12H24N2O2S/c1-3-17-10-6-4-5-7-14(8-10)12(15)11(13)9-16-2/h10-11H,3-9,13H2,1-2H3. The summed E-state index contributed by atoms with van der Waals surface area (Å²) < 4.78 is 4.94. The van der Waals surface area contributed by atoms with Crippen LogP contribution in [0.25, 0.3) is 0 Å².